The molecule has 3 rings (SSSR count). The lowest BCUT2D eigenvalue weighted by molar-refractivity contribution is -0.114. The highest BCUT2D eigenvalue weighted by Crippen LogP contribution is 2.27. The van der Waals surface area contributed by atoms with Gasteiger partial charge in [-0.2, -0.15) is 0 Å². The summed E-state index contributed by atoms with van der Waals surface area (Å²) in [4.78, 5) is 14.4. The quantitative estimate of drug-likeness (QED) is 0.580. The number of benzene rings is 2. The van der Waals surface area contributed by atoms with E-state index in [-0.39, 0.29) is 23.1 Å². The fraction of sp³-hybridized carbons (Fsp3) is 0.211. The minimum absolute atomic E-state index is 0.0184. The molecule has 1 heterocycles. The number of amides is 1. The monoisotopic (exact) mass is 387 g/mol. The first-order valence-electron chi connectivity index (χ1n) is 8.41. The number of hydrogen-bond donors (Lipinski definition) is 3. The van der Waals surface area contributed by atoms with E-state index in [0.717, 1.165) is 16.5 Å². The molecule has 0 saturated heterocycles. The second kappa shape index (κ2) is 7.81. The SMILES string of the molecule is COc1ccc(NC(C)=O)cc1S(=O)(=O)NCCc1c[nH]c2ccccc12. The standard InChI is InChI=1S/C19H21N3O4S/c1-13(23)22-15-7-8-18(26-2)19(11-15)27(24,25)21-10-9-14-12-20-17-6-4-3-5-16(14)17/h3-8,11-12,20-21H,9-10H2,1-2H3,(H,22,23). The maximum absolute atomic E-state index is 12.7. The van der Waals surface area contributed by atoms with Gasteiger partial charge < -0.3 is 15.0 Å². The van der Waals surface area contributed by atoms with Gasteiger partial charge in [0.15, 0.2) is 0 Å². The van der Waals surface area contributed by atoms with Crippen LogP contribution in [-0.2, 0) is 21.2 Å². The van der Waals surface area contributed by atoms with Crippen LogP contribution in [0.1, 0.15) is 12.5 Å². The summed E-state index contributed by atoms with van der Waals surface area (Å²) in [6, 6.07) is 12.3. The molecule has 0 fully saturated rings. The first-order valence-corrected chi connectivity index (χ1v) is 9.89. The highest BCUT2D eigenvalue weighted by molar-refractivity contribution is 7.89. The first kappa shape index (κ1) is 18.9. The van der Waals surface area contributed by atoms with Gasteiger partial charge in [0, 0.05) is 36.3 Å². The lowest BCUT2D eigenvalue weighted by atomic mass is 10.1. The number of H-pyrrole nitrogens is 1. The zero-order valence-electron chi connectivity index (χ0n) is 15.1. The van der Waals surface area contributed by atoms with E-state index in [1.807, 2.05) is 30.5 Å². The summed E-state index contributed by atoms with van der Waals surface area (Å²) in [5.41, 5.74) is 2.44. The van der Waals surface area contributed by atoms with E-state index in [2.05, 4.69) is 15.0 Å². The first-order chi connectivity index (χ1) is 12.9. The molecule has 0 atom stereocenters. The number of nitrogens with one attached hydrogen (secondary N) is 3. The molecule has 8 heteroatoms. The number of anilines is 1. The van der Waals surface area contributed by atoms with Crippen molar-refractivity contribution in [1.29, 1.82) is 0 Å². The smallest absolute Gasteiger partial charge is 0.244 e. The van der Waals surface area contributed by atoms with Crippen LogP contribution in [-0.4, -0.2) is 33.0 Å². The largest absolute Gasteiger partial charge is 0.495 e. The van der Waals surface area contributed by atoms with E-state index >= 15 is 0 Å². The molecule has 3 aromatic rings. The van der Waals surface area contributed by atoms with Gasteiger partial charge in [0.1, 0.15) is 10.6 Å². The zero-order chi connectivity index (χ0) is 19.4. The van der Waals surface area contributed by atoms with Crippen molar-refractivity contribution in [1.82, 2.24) is 9.71 Å². The molecule has 1 amide bonds. The van der Waals surface area contributed by atoms with Gasteiger partial charge in [0.25, 0.3) is 0 Å². The predicted molar refractivity (Wildman–Crippen MR) is 104 cm³/mol. The Morgan fingerprint density at radius 2 is 1.96 bits per heavy atom. The van der Waals surface area contributed by atoms with Crippen LogP contribution in [0.5, 0.6) is 5.75 Å². The summed E-state index contributed by atoms with van der Waals surface area (Å²) < 4.78 is 33.2. The van der Waals surface area contributed by atoms with Gasteiger partial charge in [-0.3, -0.25) is 4.79 Å². The fourth-order valence-electron chi connectivity index (χ4n) is 2.90. The van der Waals surface area contributed by atoms with E-state index < -0.39 is 10.0 Å². The van der Waals surface area contributed by atoms with Gasteiger partial charge >= 0.3 is 0 Å². The average Bonchev–Trinajstić information content (AvgIpc) is 3.04. The van der Waals surface area contributed by atoms with Crippen LogP contribution in [0, 0.1) is 0 Å². The van der Waals surface area contributed by atoms with Crippen LogP contribution in [0.25, 0.3) is 10.9 Å². The number of aromatic amines is 1. The number of hydrogen-bond acceptors (Lipinski definition) is 4. The molecule has 0 aliphatic carbocycles. The molecule has 7 nitrogen and oxygen atoms in total. The number of aromatic nitrogens is 1. The van der Waals surface area contributed by atoms with E-state index in [1.165, 1.54) is 26.2 Å². The molecule has 0 aliphatic heterocycles. The van der Waals surface area contributed by atoms with Crippen LogP contribution in [0.4, 0.5) is 5.69 Å². The Morgan fingerprint density at radius 3 is 2.70 bits per heavy atom. The summed E-state index contributed by atoms with van der Waals surface area (Å²) in [5, 5.41) is 3.65. The highest BCUT2D eigenvalue weighted by Gasteiger charge is 2.20. The molecule has 1 aromatic heterocycles. The zero-order valence-corrected chi connectivity index (χ0v) is 15.9. The van der Waals surface area contributed by atoms with Gasteiger partial charge in [-0.05, 0) is 36.2 Å². The Hall–Kier alpha value is -2.84. The van der Waals surface area contributed by atoms with Crippen molar-refractivity contribution in [3.8, 4) is 5.75 Å². The number of methoxy groups -OCH3 is 1. The molecule has 0 spiro atoms. The Bertz CT molecular complexity index is 1070. The van der Waals surface area contributed by atoms with Crippen LogP contribution < -0.4 is 14.8 Å². The number of para-hydroxylation sites is 1. The van der Waals surface area contributed by atoms with Crippen LogP contribution in [0.15, 0.2) is 53.6 Å². The van der Waals surface area contributed by atoms with E-state index in [9.17, 15) is 13.2 Å². The molecular weight excluding hydrogens is 366 g/mol. The van der Waals surface area contributed by atoms with Crippen LogP contribution >= 0.6 is 0 Å². The summed E-state index contributed by atoms with van der Waals surface area (Å²) in [6.07, 6.45) is 2.42. The lowest BCUT2D eigenvalue weighted by Gasteiger charge is -2.12. The molecule has 3 N–H and O–H groups in total. The summed E-state index contributed by atoms with van der Waals surface area (Å²) >= 11 is 0. The second-order valence-electron chi connectivity index (χ2n) is 6.05. The van der Waals surface area contributed by atoms with Crippen molar-refractivity contribution in [2.24, 2.45) is 0 Å². The molecule has 142 valence electrons. The summed E-state index contributed by atoms with van der Waals surface area (Å²) in [5.74, 6) is -0.0699. The molecular formula is C19H21N3O4S. The summed E-state index contributed by atoms with van der Waals surface area (Å²) in [6.45, 7) is 1.59. The number of rotatable bonds is 7. The van der Waals surface area contributed by atoms with Crippen molar-refractivity contribution >= 4 is 32.5 Å². The number of fused-ring (bicyclic) bond motifs is 1. The maximum atomic E-state index is 12.7. The molecule has 0 aliphatic rings. The topological polar surface area (TPSA) is 100 Å². The number of sulfonamides is 1. The number of carbonyl (C=O) groups is 1. The Morgan fingerprint density at radius 1 is 1.19 bits per heavy atom. The third-order valence-corrected chi connectivity index (χ3v) is 5.62. The molecule has 2 aromatic carbocycles. The summed E-state index contributed by atoms with van der Waals surface area (Å²) in [7, 11) is -2.40. The van der Waals surface area contributed by atoms with Crippen molar-refractivity contribution in [3.05, 3.63) is 54.2 Å². The minimum atomic E-state index is -3.80. The van der Waals surface area contributed by atoms with Gasteiger partial charge in [0.2, 0.25) is 15.9 Å². The van der Waals surface area contributed by atoms with E-state index in [0.29, 0.717) is 12.1 Å². The highest BCUT2D eigenvalue weighted by atomic mass is 32.2. The Labute approximate surface area is 157 Å². The van der Waals surface area contributed by atoms with Gasteiger partial charge in [0.05, 0.1) is 7.11 Å². The van der Waals surface area contributed by atoms with Gasteiger partial charge in [-0.15, -0.1) is 0 Å². The fourth-order valence-corrected chi connectivity index (χ4v) is 4.13. The lowest BCUT2D eigenvalue weighted by Crippen LogP contribution is -2.26. The van der Waals surface area contributed by atoms with Crippen molar-refractivity contribution < 1.29 is 17.9 Å². The second-order valence-corrected chi connectivity index (χ2v) is 7.79. The number of carbonyl (C=O) groups excluding carboxylic acids is 1. The van der Waals surface area contributed by atoms with Gasteiger partial charge in [-0.1, -0.05) is 18.2 Å². The van der Waals surface area contributed by atoms with Crippen molar-refractivity contribution in [3.63, 3.8) is 0 Å². The number of ether oxygens (including phenoxy) is 1. The minimum Gasteiger partial charge on any atom is -0.495 e. The Balaban J connectivity index is 1.77. The van der Waals surface area contributed by atoms with Crippen molar-refractivity contribution in [2.75, 3.05) is 19.0 Å². The molecule has 27 heavy (non-hydrogen) atoms. The molecule has 0 radical (unpaired) electrons. The molecule has 0 bridgehead atoms. The predicted octanol–water partition coefficient (Wildman–Crippen LogP) is 2.66. The Kier molecular flexibility index (Phi) is 5.48. The third-order valence-electron chi connectivity index (χ3n) is 4.13. The molecule has 0 unspecified atom stereocenters. The van der Waals surface area contributed by atoms with E-state index in [1.54, 1.807) is 6.07 Å². The van der Waals surface area contributed by atoms with Crippen LogP contribution in [0.2, 0.25) is 0 Å². The third kappa shape index (κ3) is 4.29. The van der Waals surface area contributed by atoms with Crippen LogP contribution in [0.3, 0.4) is 0 Å². The maximum Gasteiger partial charge on any atom is 0.244 e. The molecule has 0 saturated carbocycles. The van der Waals surface area contributed by atoms with Crippen molar-refractivity contribution in [2.45, 2.75) is 18.2 Å². The van der Waals surface area contributed by atoms with Gasteiger partial charge in [-0.25, -0.2) is 13.1 Å². The average molecular weight is 387 g/mol. The normalized spacial score (nSPS) is 11.5. The van der Waals surface area contributed by atoms with E-state index in [4.69, 9.17) is 4.74 Å².